The fourth-order valence-electron chi connectivity index (χ4n) is 1.53. The molecule has 0 atom stereocenters. The van der Waals surface area contributed by atoms with Gasteiger partial charge in [-0.3, -0.25) is 0 Å². The van der Waals surface area contributed by atoms with Crippen molar-refractivity contribution >= 4 is 33.0 Å². The van der Waals surface area contributed by atoms with Gasteiger partial charge in [-0.15, -0.1) is 11.3 Å². The minimum Gasteiger partial charge on any atom is -0.492 e. The van der Waals surface area contributed by atoms with E-state index in [2.05, 4.69) is 4.72 Å². The minimum atomic E-state index is -3.44. The van der Waals surface area contributed by atoms with Crippen molar-refractivity contribution in [2.24, 2.45) is 0 Å². The Morgan fingerprint density at radius 3 is 2.75 bits per heavy atom. The molecule has 0 unspecified atom stereocenters. The summed E-state index contributed by atoms with van der Waals surface area (Å²) in [4.78, 5) is 0.959. The maximum absolute atomic E-state index is 11.9. The lowest BCUT2D eigenvalue weighted by atomic mass is 10.3. The van der Waals surface area contributed by atoms with Crippen LogP contribution in [-0.2, 0) is 10.0 Å². The molecule has 20 heavy (non-hydrogen) atoms. The van der Waals surface area contributed by atoms with Crippen molar-refractivity contribution in [2.75, 3.05) is 13.2 Å². The van der Waals surface area contributed by atoms with Gasteiger partial charge in [-0.05, 0) is 37.3 Å². The summed E-state index contributed by atoms with van der Waals surface area (Å²) in [6, 6.07) is 10.3. The summed E-state index contributed by atoms with van der Waals surface area (Å²) in [5.41, 5.74) is 0. The highest BCUT2D eigenvalue weighted by molar-refractivity contribution is 7.91. The summed E-state index contributed by atoms with van der Waals surface area (Å²) < 4.78 is 32.1. The number of thiophene rings is 1. The molecule has 1 aromatic heterocycles. The topological polar surface area (TPSA) is 55.4 Å². The van der Waals surface area contributed by atoms with Crippen LogP contribution >= 0.6 is 22.9 Å². The van der Waals surface area contributed by atoms with Gasteiger partial charge in [-0.1, -0.05) is 17.7 Å². The number of ether oxygens (including phenoxy) is 1. The number of rotatable bonds is 6. The van der Waals surface area contributed by atoms with Gasteiger partial charge in [-0.2, -0.15) is 0 Å². The van der Waals surface area contributed by atoms with Crippen LogP contribution in [-0.4, -0.2) is 21.6 Å². The zero-order chi connectivity index (χ0) is 14.6. The second-order valence-electron chi connectivity index (χ2n) is 4.07. The molecular weight excluding hydrogens is 318 g/mol. The van der Waals surface area contributed by atoms with Crippen LogP contribution in [0.5, 0.6) is 5.75 Å². The van der Waals surface area contributed by atoms with Crippen molar-refractivity contribution in [2.45, 2.75) is 11.1 Å². The van der Waals surface area contributed by atoms with E-state index in [1.807, 2.05) is 6.92 Å². The standard InChI is InChI=1S/C13H14ClNO3S2/c1-10-5-6-13(19-10)20(16,17)15-7-8-18-12-4-2-3-11(14)9-12/h2-6,9,15H,7-8H2,1H3. The quantitative estimate of drug-likeness (QED) is 0.828. The Bertz CT molecular complexity index is 682. The normalized spacial score (nSPS) is 11.5. The van der Waals surface area contributed by atoms with Crippen molar-refractivity contribution < 1.29 is 13.2 Å². The van der Waals surface area contributed by atoms with Crippen LogP contribution in [0.3, 0.4) is 0 Å². The molecule has 0 saturated carbocycles. The molecule has 108 valence electrons. The molecule has 0 bridgehead atoms. The van der Waals surface area contributed by atoms with E-state index in [1.54, 1.807) is 36.4 Å². The molecule has 0 aliphatic carbocycles. The second-order valence-corrected chi connectivity index (χ2v) is 7.79. The number of aryl methyl sites for hydroxylation is 1. The van der Waals surface area contributed by atoms with Crippen LogP contribution in [0.1, 0.15) is 4.88 Å². The maximum atomic E-state index is 11.9. The Kier molecular flexibility index (Phi) is 5.04. The molecule has 0 radical (unpaired) electrons. The Balaban J connectivity index is 1.84. The Labute approximate surface area is 127 Å². The van der Waals surface area contributed by atoms with E-state index < -0.39 is 10.0 Å². The van der Waals surface area contributed by atoms with E-state index in [1.165, 1.54) is 11.3 Å². The van der Waals surface area contributed by atoms with Crippen LogP contribution in [0.15, 0.2) is 40.6 Å². The number of hydrogen-bond donors (Lipinski definition) is 1. The predicted molar refractivity (Wildman–Crippen MR) is 81.2 cm³/mol. The van der Waals surface area contributed by atoms with Gasteiger partial charge in [0.05, 0.1) is 0 Å². The fraction of sp³-hybridized carbons (Fsp3) is 0.231. The zero-order valence-corrected chi connectivity index (χ0v) is 13.2. The monoisotopic (exact) mass is 331 g/mol. The van der Waals surface area contributed by atoms with Gasteiger partial charge in [0.25, 0.3) is 0 Å². The first-order chi connectivity index (χ1) is 9.47. The summed E-state index contributed by atoms with van der Waals surface area (Å²) in [6.07, 6.45) is 0. The van der Waals surface area contributed by atoms with Gasteiger partial charge in [0.1, 0.15) is 16.6 Å². The third kappa shape index (κ3) is 4.21. The molecule has 0 aliphatic heterocycles. The highest BCUT2D eigenvalue weighted by Gasteiger charge is 2.15. The Morgan fingerprint density at radius 2 is 2.10 bits per heavy atom. The molecular formula is C13H14ClNO3S2. The van der Waals surface area contributed by atoms with Crippen molar-refractivity contribution in [1.29, 1.82) is 0 Å². The number of nitrogens with one attached hydrogen (secondary N) is 1. The van der Waals surface area contributed by atoms with Gasteiger partial charge in [0, 0.05) is 16.4 Å². The third-order valence-electron chi connectivity index (χ3n) is 2.44. The van der Waals surface area contributed by atoms with Gasteiger partial charge >= 0.3 is 0 Å². The molecule has 0 fully saturated rings. The first-order valence-electron chi connectivity index (χ1n) is 5.92. The minimum absolute atomic E-state index is 0.200. The SMILES string of the molecule is Cc1ccc(S(=O)(=O)NCCOc2cccc(Cl)c2)s1. The van der Waals surface area contributed by atoms with Crippen LogP contribution in [0.2, 0.25) is 5.02 Å². The summed E-state index contributed by atoms with van der Waals surface area (Å²) in [7, 11) is -3.44. The predicted octanol–water partition coefficient (Wildman–Crippen LogP) is 3.07. The summed E-state index contributed by atoms with van der Waals surface area (Å²) >= 11 is 7.06. The van der Waals surface area contributed by atoms with E-state index in [9.17, 15) is 8.42 Å². The third-order valence-corrected chi connectivity index (χ3v) is 5.63. The molecule has 2 aromatic rings. The van der Waals surface area contributed by atoms with Crippen LogP contribution in [0.4, 0.5) is 0 Å². The van der Waals surface area contributed by atoms with Gasteiger partial charge in [0.2, 0.25) is 10.0 Å². The number of benzene rings is 1. The number of hydrogen-bond acceptors (Lipinski definition) is 4. The molecule has 2 rings (SSSR count). The molecule has 1 N–H and O–H groups in total. The zero-order valence-electron chi connectivity index (χ0n) is 10.8. The number of halogens is 1. The van der Waals surface area contributed by atoms with Crippen molar-refractivity contribution in [1.82, 2.24) is 4.72 Å². The van der Waals surface area contributed by atoms with Crippen LogP contribution in [0, 0.1) is 6.92 Å². The van der Waals surface area contributed by atoms with Gasteiger partial charge < -0.3 is 4.74 Å². The fourth-order valence-corrected chi connectivity index (χ4v) is 4.05. The maximum Gasteiger partial charge on any atom is 0.250 e. The summed E-state index contributed by atoms with van der Waals surface area (Å²) in [5.74, 6) is 0.615. The lowest BCUT2D eigenvalue weighted by molar-refractivity contribution is 0.323. The van der Waals surface area contributed by atoms with E-state index in [0.717, 1.165) is 4.88 Å². The molecule has 0 spiro atoms. The average molecular weight is 332 g/mol. The smallest absolute Gasteiger partial charge is 0.250 e. The number of sulfonamides is 1. The van der Waals surface area contributed by atoms with Crippen molar-refractivity contribution in [3.63, 3.8) is 0 Å². The van der Waals surface area contributed by atoms with E-state index >= 15 is 0 Å². The van der Waals surface area contributed by atoms with Gasteiger partial charge in [0.15, 0.2) is 0 Å². The Morgan fingerprint density at radius 1 is 1.30 bits per heavy atom. The lowest BCUT2D eigenvalue weighted by Gasteiger charge is -2.07. The Hall–Kier alpha value is -1.08. The molecule has 7 heteroatoms. The molecule has 4 nitrogen and oxygen atoms in total. The molecule has 0 saturated heterocycles. The first-order valence-corrected chi connectivity index (χ1v) is 8.59. The molecule has 1 aromatic carbocycles. The van der Waals surface area contributed by atoms with Crippen molar-refractivity contribution in [3.8, 4) is 5.75 Å². The van der Waals surface area contributed by atoms with E-state index in [0.29, 0.717) is 15.0 Å². The van der Waals surface area contributed by atoms with E-state index in [-0.39, 0.29) is 13.2 Å². The van der Waals surface area contributed by atoms with Gasteiger partial charge in [-0.25, -0.2) is 13.1 Å². The molecule has 1 heterocycles. The first kappa shape index (κ1) is 15.3. The highest BCUT2D eigenvalue weighted by atomic mass is 35.5. The molecule has 0 amide bonds. The van der Waals surface area contributed by atoms with Crippen molar-refractivity contribution in [3.05, 3.63) is 46.3 Å². The van der Waals surface area contributed by atoms with E-state index in [4.69, 9.17) is 16.3 Å². The van der Waals surface area contributed by atoms with Crippen LogP contribution in [0.25, 0.3) is 0 Å². The lowest BCUT2D eigenvalue weighted by Crippen LogP contribution is -2.27. The summed E-state index contributed by atoms with van der Waals surface area (Å²) in [6.45, 7) is 2.31. The molecule has 0 aliphatic rings. The largest absolute Gasteiger partial charge is 0.492 e. The average Bonchev–Trinajstić information content (AvgIpc) is 2.82. The van der Waals surface area contributed by atoms with Crippen LogP contribution < -0.4 is 9.46 Å². The highest BCUT2D eigenvalue weighted by Crippen LogP contribution is 2.20. The summed E-state index contributed by atoms with van der Waals surface area (Å²) in [5, 5.41) is 0.581. The second kappa shape index (κ2) is 6.58.